The predicted octanol–water partition coefficient (Wildman–Crippen LogP) is 2.21. The van der Waals surface area contributed by atoms with E-state index in [1.807, 2.05) is 0 Å². The van der Waals surface area contributed by atoms with Crippen LogP contribution in [0.25, 0.3) is 0 Å². The summed E-state index contributed by atoms with van der Waals surface area (Å²) in [6.45, 7) is 0. The van der Waals surface area contributed by atoms with Gasteiger partial charge < -0.3 is 11.1 Å². The topological polar surface area (TPSA) is 68.0 Å². The Morgan fingerprint density at radius 3 is 2.78 bits per heavy atom. The van der Waals surface area contributed by atoms with E-state index in [1.54, 1.807) is 6.07 Å². The fraction of sp³-hybridized carbons (Fsp3) is 0.538. The Morgan fingerprint density at radius 2 is 2.11 bits per heavy atom. The number of nitrogens with one attached hydrogen (secondary N) is 1. The highest BCUT2D eigenvalue weighted by Gasteiger charge is 2.30. The molecule has 1 saturated carbocycles. The molecule has 0 unspecified atom stereocenters. The zero-order valence-electron chi connectivity index (χ0n) is 10.3. The summed E-state index contributed by atoms with van der Waals surface area (Å²) < 4.78 is 12.9. The van der Waals surface area contributed by atoms with Gasteiger partial charge in [-0.3, -0.25) is 4.79 Å². The number of hydrogen-bond donors (Lipinski definition) is 2. The van der Waals surface area contributed by atoms with Crippen molar-refractivity contribution in [3.05, 3.63) is 24.1 Å². The molecule has 0 aliphatic heterocycles. The summed E-state index contributed by atoms with van der Waals surface area (Å²) in [6.07, 6.45) is 5.34. The van der Waals surface area contributed by atoms with Crippen molar-refractivity contribution in [1.82, 2.24) is 4.98 Å². The van der Waals surface area contributed by atoms with E-state index in [0.717, 1.165) is 25.7 Å². The third kappa shape index (κ3) is 3.50. The molecule has 1 aromatic rings. The summed E-state index contributed by atoms with van der Waals surface area (Å²) in [5, 5.41) is 2.59. The summed E-state index contributed by atoms with van der Waals surface area (Å²) >= 11 is 0. The molecule has 0 spiro atoms. The molecule has 1 heterocycles. The third-order valence-electron chi connectivity index (χ3n) is 3.34. The molecule has 3 N–H and O–H groups in total. The highest BCUT2D eigenvalue weighted by atomic mass is 19.1. The number of aromatic nitrogens is 1. The second-order valence-corrected chi connectivity index (χ2v) is 4.99. The number of rotatable bonds is 3. The van der Waals surface area contributed by atoms with Crippen LogP contribution >= 0.6 is 0 Å². The molecule has 5 heteroatoms. The molecule has 0 saturated heterocycles. The average molecular weight is 251 g/mol. The van der Waals surface area contributed by atoms with Gasteiger partial charge in [-0.15, -0.1) is 0 Å². The highest BCUT2D eigenvalue weighted by molar-refractivity contribution is 5.90. The number of halogens is 1. The first-order chi connectivity index (χ1) is 8.57. The molecule has 0 atom stereocenters. The summed E-state index contributed by atoms with van der Waals surface area (Å²) in [7, 11) is 0. The van der Waals surface area contributed by atoms with Crippen molar-refractivity contribution in [3.63, 3.8) is 0 Å². The number of nitrogens with zero attached hydrogens (tertiary/aromatic N) is 1. The molecule has 1 amide bonds. The Morgan fingerprint density at radius 1 is 1.39 bits per heavy atom. The Bertz CT molecular complexity index is 430. The number of carbonyl (C=O) groups is 1. The van der Waals surface area contributed by atoms with Crippen LogP contribution in [0.15, 0.2) is 18.2 Å². The van der Waals surface area contributed by atoms with Crippen LogP contribution in [0.3, 0.4) is 0 Å². The summed E-state index contributed by atoms with van der Waals surface area (Å²) in [4.78, 5) is 15.4. The van der Waals surface area contributed by atoms with Crippen LogP contribution in [-0.2, 0) is 4.79 Å². The number of amides is 1. The SMILES string of the molecule is NC1(CC(=O)Nc2cccc(F)n2)CCCCC1. The minimum absolute atomic E-state index is 0.197. The second-order valence-electron chi connectivity index (χ2n) is 4.99. The number of nitrogens with two attached hydrogens (primary N) is 1. The van der Waals surface area contributed by atoms with Crippen LogP contribution < -0.4 is 11.1 Å². The predicted molar refractivity (Wildman–Crippen MR) is 67.4 cm³/mol. The van der Waals surface area contributed by atoms with Gasteiger partial charge in [0.2, 0.25) is 11.9 Å². The van der Waals surface area contributed by atoms with Crippen molar-refractivity contribution in [2.75, 3.05) is 5.32 Å². The van der Waals surface area contributed by atoms with Gasteiger partial charge in [0.05, 0.1) is 0 Å². The first-order valence-corrected chi connectivity index (χ1v) is 6.29. The van der Waals surface area contributed by atoms with Gasteiger partial charge in [-0.05, 0) is 25.0 Å². The van der Waals surface area contributed by atoms with Crippen molar-refractivity contribution in [3.8, 4) is 0 Å². The van der Waals surface area contributed by atoms with Gasteiger partial charge in [-0.2, -0.15) is 4.39 Å². The fourth-order valence-electron chi connectivity index (χ4n) is 2.42. The van der Waals surface area contributed by atoms with E-state index >= 15 is 0 Å². The van der Waals surface area contributed by atoms with Gasteiger partial charge in [0, 0.05) is 12.0 Å². The maximum atomic E-state index is 12.9. The molecule has 1 aromatic heterocycles. The van der Waals surface area contributed by atoms with Gasteiger partial charge in [-0.1, -0.05) is 25.3 Å². The Kier molecular flexibility index (Phi) is 3.91. The van der Waals surface area contributed by atoms with E-state index in [4.69, 9.17) is 5.73 Å². The normalized spacial score (nSPS) is 18.3. The van der Waals surface area contributed by atoms with Crippen molar-refractivity contribution in [2.24, 2.45) is 5.73 Å². The number of hydrogen-bond acceptors (Lipinski definition) is 3. The van der Waals surface area contributed by atoms with Gasteiger partial charge >= 0.3 is 0 Å². The average Bonchev–Trinajstić information content (AvgIpc) is 2.28. The number of anilines is 1. The fourth-order valence-corrected chi connectivity index (χ4v) is 2.42. The molecule has 2 rings (SSSR count). The molecular formula is C13H18FN3O. The van der Waals surface area contributed by atoms with Gasteiger partial charge in [-0.25, -0.2) is 4.98 Å². The molecule has 98 valence electrons. The van der Waals surface area contributed by atoms with Crippen LogP contribution in [0.5, 0.6) is 0 Å². The molecule has 1 aliphatic rings. The Labute approximate surface area is 106 Å². The largest absolute Gasteiger partial charge is 0.325 e. The lowest BCUT2D eigenvalue weighted by Gasteiger charge is -2.32. The van der Waals surface area contributed by atoms with E-state index in [1.165, 1.54) is 18.6 Å². The molecule has 0 aromatic carbocycles. The molecule has 4 nitrogen and oxygen atoms in total. The number of pyridine rings is 1. The Hall–Kier alpha value is -1.49. The maximum absolute atomic E-state index is 12.9. The van der Waals surface area contributed by atoms with Gasteiger partial charge in [0.1, 0.15) is 5.82 Å². The van der Waals surface area contributed by atoms with Crippen LogP contribution in [0.1, 0.15) is 38.5 Å². The standard InChI is InChI=1S/C13H18FN3O/c14-10-5-4-6-11(16-10)17-12(18)9-13(15)7-2-1-3-8-13/h4-6H,1-3,7-9,15H2,(H,16,17,18). The minimum Gasteiger partial charge on any atom is -0.325 e. The smallest absolute Gasteiger partial charge is 0.227 e. The lowest BCUT2D eigenvalue weighted by atomic mass is 9.80. The third-order valence-corrected chi connectivity index (χ3v) is 3.34. The van der Waals surface area contributed by atoms with E-state index in [0.29, 0.717) is 0 Å². The van der Waals surface area contributed by atoms with Crippen molar-refractivity contribution in [2.45, 2.75) is 44.1 Å². The highest BCUT2D eigenvalue weighted by Crippen LogP contribution is 2.28. The summed E-state index contributed by atoms with van der Waals surface area (Å²) in [6, 6.07) is 4.31. The van der Waals surface area contributed by atoms with Crippen LogP contribution in [0, 0.1) is 5.95 Å². The quantitative estimate of drug-likeness (QED) is 0.809. The molecule has 1 aliphatic carbocycles. The van der Waals surface area contributed by atoms with Crippen molar-refractivity contribution >= 4 is 11.7 Å². The molecule has 18 heavy (non-hydrogen) atoms. The molecular weight excluding hydrogens is 233 g/mol. The lowest BCUT2D eigenvalue weighted by Crippen LogP contribution is -2.44. The number of carbonyl (C=O) groups excluding carboxylic acids is 1. The maximum Gasteiger partial charge on any atom is 0.227 e. The van der Waals surface area contributed by atoms with Crippen molar-refractivity contribution in [1.29, 1.82) is 0 Å². The first kappa shape index (κ1) is 13.0. The van der Waals surface area contributed by atoms with Crippen LogP contribution in [-0.4, -0.2) is 16.4 Å². The monoisotopic (exact) mass is 251 g/mol. The van der Waals surface area contributed by atoms with E-state index in [2.05, 4.69) is 10.3 Å². The first-order valence-electron chi connectivity index (χ1n) is 6.29. The van der Waals surface area contributed by atoms with E-state index < -0.39 is 11.5 Å². The summed E-state index contributed by atoms with van der Waals surface area (Å²) in [5.41, 5.74) is 5.78. The minimum atomic E-state index is -0.604. The molecule has 0 radical (unpaired) electrons. The van der Waals surface area contributed by atoms with Crippen molar-refractivity contribution < 1.29 is 9.18 Å². The van der Waals surface area contributed by atoms with Crippen LogP contribution in [0.2, 0.25) is 0 Å². The molecule has 1 fully saturated rings. The van der Waals surface area contributed by atoms with Gasteiger partial charge in [0.25, 0.3) is 0 Å². The Balaban J connectivity index is 1.92. The zero-order chi connectivity index (χ0) is 13.0. The lowest BCUT2D eigenvalue weighted by molar-refractivity contribution is -0.117. The summed E-state index contributed by atoms with van der Waals surface area (Å²) in [5.74, 6) is -0.565. The second kappa shape index (κ2) is 5.44. The van der Waals surface area contributed by atoms with E-state index in [-0.39, 0.29) is 18.1 Å². The van der Waals surface area contributed by atoms with Gasteiger partial charge in [0.15, 0.2) is 0 Å². The zero-order valence-corrected chi connectivity index (χ0v) is 10.3. The van der Waals surface area contributed by atoms with E-state index in [9.17, 15) is 9.18 Å². The van der Waals surface area contributed by atoms with Crippen LogP contribution in [0.4, 0.5) is 10.2 Å². The molecule has 0 bridgehead atoms.